The van der Waals surface area contributed by atoms with Crippen molar-refractivity contribution in [1.29, 1.82) is 0 Å². The van der Waals surface area contributed by atoms with Gasteiger partial charge in [-0.25, -0.2) is 4.68 Å². The van der Waals surface area contributed by atoms with Crippen LogP contribution in [-0.4, -0.2) is 51.7 Å². The van der Waals surface area contributed by atoms with Gasteiger partial charge in [-0.3, -0.25) is 14.9 Å². The van der Waals surface area contributed by atoms with Crippen LogP contribution in [0.3, 0.4) is 0 Å². The predicted octanol–water partition coefficient (Wildman–Crippen LogP) is 2.00. The average molecular weight is 343 g/mol. The van der Waals surface area contributed by atoms with Crippen LogP contribution in [0.1, 0.15) is 29.8 Å². The summed E-state index contributed by atoms with van der Waals surface area (Å²) in [5.74, 6) is -0.235. The number of amides is 1. The summed E-state index contributed by atoms with van der Waals surface area (Å²) < 4.78 is 1.46. The van der Waals surface area contributed by atoms with Gasteiger partial charge in [0.15, 0.2) is 5.69 Å². The maximum absolute atomic E-state index is 12.2. The molecule has 0 aliphatic carbocycles. The summed E-state index contributed by atoms with van der Waals surface area (Å²) in [6.07, 6.45) is 5.36. The van der Waals surface area contributed by atoms with Gasteiger partial charge in [-0.2, -0.15) is 5.10 Å². The van der Waals surface area contributed by atoms with Crippen LogP contribution in [0, 0.1) is 10.1 Å². The largest absolute Gasteiger partial charge is 0.349 e. The highest BCUT2D eigenvalue weighted by molar-refractivity contribution is 5.92. The van der Waals surface area contributed by atoms with Crippen molar-refractivity contribution in [3.63, 3.8) is 0 Å². The van der Waals surface area contributed by atoms with Gasteiger partial charge in [-0.15, -0.1) is 0 Å². The maximum atomic E-state index is 12.2. The Morgan fingerprint density at radius 1 is 1.24 bits per heavy atom. The Hall–Kier alpha value is -2.74. The van der Waals surface area contributed by atoms with Crippen LogP contribution in [0.25, 0.3) is 5.69 Å². The van der Waals surface area contributed by atoms with Crippen molar-refractivity contribution >= 4 is 11.6 Å². The molecule has 8 heteroatoms. The summed E-state index contributed by atoms with van der Waals surface area (Å²) in [5.41, 5.74) is 0.826. The van der Waals surface area contributed by atoms with Crippen molar-refractivity contribution in [1.82, 2.24) is 20.0 Å². The lowest BCUT2D eigenvalue weighted by Gasteiger charge is -2.26. The molecular weight excluding hydrogens is 322 g/mol. The Balaban J connectivity index is 1.57. The highest BCUT2D eigenvalue weighted by Gasteiger charge is 2.13. The fourth-order valence-electron chi connectivity index (χ4n) is 2.94. The van der Waals surface area contributed by atoms with E-state index in [0.717, 1.165) is 19.6 Å². The van der Waals surface area contributed by atoms with Gasteiger partial charge in [0.25, 0.3) is 11.6 Å². The molecular formula is C17H21N5O3. The van der Waals surface area contributed by atoms with Crippen LogP contribution in [-0.2, 0) is 0 Å². The van der Waals surface area contributed by atoms with Gasteiger partial charge in [0.2, 0.25) is 0 Å². The molecule has 1 amide bonds. The zero-order chi connectivity index (χ0) is 17.6. The smallest absolute Gasteiger partial charge is 0.271 e. The molecule has 1 fully saturated rings. The standard InChI is InChI=1S/C17H21N5O3/c23-17(18-8-12-20-9-2-1-3-10-20)16-7-11-21(19-16)14-5-4-6-15(13-14)22(24)25/h4-7,11,13H,1-3,8-10,12H2,(H,18,23). The third-order valence-corrected chi connectivity index (χ3v) is 4.29. The molecule has 1 N–H and O–H groups in total. The minimum Gasteiger partial charge on any atom is -0.349 e. The number of hydrogen-bond acceptors (Lipinski definition) is 5. The van der Waals surface area contributed by atoms with Crippen LogP contribution in [0.5, 0.6) is 0 Å². The van der Waals surface area contributed by atoms with E-state index in [-0.39, 0.29) is 11.6 Å². The van der Waals surface area contributed by atoms with Crippen LogP contribution >= 0.6 is 0 Å². The molecule has 1 aliphatic rings. The molecule has 0 radical (unpaired) electrons. The molecule has 1 saturated heterocycles. The van der Waals surface area contributed by atoms with E-state index in [1.807, 2.05) is 0 Å². The maximum Gasteiger partial charge on any atom is 0.271 e. The molecule has 2 aromatic rings. The number of benzene rings is 1. The Labute approximate surface area is 145 Å². The molecule has 3 rings (SSSR count). The first-order valence-electron chi connectivity index (χ1n) is 8.44. The van der Waals surface area contributed by atoms with Crippen molar-refractivity contribution in [3.8, 4) is 5.69 Å². The van der Waals surface area contributed by atoms with E-state index >= 15 is 0 Å². The van der Waals surface area contributed by atoms with E-state index in [0.29, 0.717) is 17.9 Å². The molecule has 8 nitrogen and oxygen atoms in total. The summed E-state index contributed by atoms with van der Waals surface area (Å²) in [7, 11) is 0. The molecule has 0 unspecified atom stereocenters. The molecule has 2 heterocycles. The van der Waals surface area contributed by atoms with E-state index in [4.69, 9.17) is 0 Å². The van der Waals surface area contributed by atoms with Gasteiger partial charge < -0.3 is 10.2 Å². The summed E-state index contributed by atoms with van der Waals surface area (Å²) in [6, 6.07) is 7.74. The first-order chi connectivity index (χ1) is 12.1. The van der Waals surface area contributed by atoms with Crippen LogP contribution < -0.4 is 5.32 Å². The zero-order valence-corrected chi connectivity index (χ0v) is 13.9. The number of aromatic nitrogens is 2. The number of hydrogen-bond donors (Lipinski definition) is 1. The van der Waals surface area contributed by atoms with E-state index in [9.17, 15) is 14.9 Å². The topological polar surface area (TPSA) is 93.3 Å². The highest BCUT2D eigenvalue weighted by atomic mass is 16.6. The fraction of sp³-hybridized carbons (Fsp3) is 0.412. The lowest BCUT2D eigenvalue weighted by molar-refractivity contribution is -0.384. The van der Waals surface area contributed by atoms with Crippen molar-refractivity contribution in [2.45, 2.75) is 19.3 Å². The van der Waals surface area contributed by atoms with Crippen LogP contribution in [0.2, 0.25) is 0 Å². The lowest BCUT2D eigenvalue weighted by atomic mass is 10.1. The second-order valence-electron chi connectivity index (χ2n) is 6.08. The number of non-ortho nitro benzene ring substituents is 1. The summed E-state index contributed by atoms with van der Waals surface area (Å²) in [4.78, 5) is 24.9. The number of nitrogens with one attached hydrogen (secondary N) is 1. The van der Waals surface area contributed by atoms with Crippen molar-refractivity contribution in [2.24, 2.45) is 0 Å². The van der Waals surface area contributed by atoms with Crippen LogP contribution in [0.15, 0.2) is 36.5 Å². The first-order valence-corrected chi connectivity index (χ1v) is 8.44. The number of nitro groups is 1. The molecule has 0 spiro atoms. The zero-order valence-electron chi connectivity index (χ0n) is 13.9. The Morgan fingerprint density at radius 3 is 2.80 bits per heavy atom. The van der Waals surface area contributed by atoms with E-state index in [1.165, 1.54) is 36.1 Å². The van der Waals surface area contributed by atoms with Gasteiger partial charge >= 0.3 is 0 Å². The second kappa shape index (κ2) is 7.89. The van der Waals surface area contributed by atoms with E-state index < -0.39 is 4.92 Å². The molecule has 1 aromatic carbocycles. The fourth-order valence-corrected chi connectivity index (χ4v) is 2.94. The van der Waals surface area contributed by atoms with Gasteiger partial charge in [0, 0.05) is 31.4 Å². The molecule has 132 valence electrons. The Morgan fingerprint density at radius 2 is 2.04 bits per heavy atom. The number of rotatable bonds is 6. The first kappa shape index (κ1) is 17.1. The third kappa shape index (κ3) is 4.42. The molecule has 25 heavy (non-hydrogen) atoms. The monoisotopic (exact) mass is 343 g/mol. The van der Waals surface area contributed by atoms with E-state index in [1.54, 1.807) is 24.4 Å². The molecule has 0 atom stereocenters. The minimum absolute atomic E-state index is 0.0134. The summed E-state index contributed by atoms with van der Waals surface area (Å²) >= 11 is 0. The quantitative estimate of drug-likeness (QED) is 0.639. The van der Waals surface area contributed by atoms with Crippen molar-refractivity contribution in [2.75, 3.05) is 26.2 Å². The predicted molar refractivity (Wildman–Crippen MR) is 92.8 cm³/mol. The number of nitrogens with zero attached hydrogens (tertiary/aromatic N) is 4. The lowest BCUT2D eigenvalue weighted by Crippen LogP contribution is -2.37. The van der Waals surface area contributed by atoms with E-state index in [2.05, 4.69) is 15.3 Å². The van der Waals surface area contributed by atoms with Crippen molar-refractivity contribution < 1.29 is 9.72 Å². The Bertz CT molecular complexity index is 752. The summed E-state index contributed by atoms with van der Waals surface area (Å²) in [5, 5.41) is 17.9. The minimum atomic E-state index is -0.457. The number of nitro benzene ring substituents is 1. The molecule has 0 bridgehead atoms. The SMILES string of the molecule is O=C(NCCN1CCCCC1)c1ccn(-c2cccc([N+](=O)[O-])c2)n1. The molecule has 1 aromatic heterocycles. The number of likely N-dealkylation sites (tertiary alicyclic amines) is 1. The van der Waals surface area contributed by atoms with Gasteiger partial charge in [0.05, 0.1) is 10.6 Å². The number of carbonyl (C=O) groups is 1. The molecule has 0 saturated carbocycles. The van der Waals surface area contributed by atoms with Crippen LogP contribution in [0.4, 0.5) is 5.69 Å². The third-order valence-electron chi connectivity index (χ3n) is 4.29. The normalized spacial score (nSPS) is 15.0. The Kier molecular flexibility index (Phi) is 5.39. The highest BCUT2D eigenvalue weighted by Crippen LogP contribution is 2.16. The van der Waals surface area contributed by atoms with Gasteiger partial charge in [-0.05, 0) is 38.1 Å². The van der Waals surface area contributed by atoms with Gasteiger partial charge in [-0.1, -0.05) is 12.5 Å². The number of carbonyl (C=O) groups excluding carboxylic acids is 1. The van der Waals surface area contributed by atoms with Gasteiger partial charge in [0.1, 0.15) is 0 Å². The second-order valence-corrected chi connectivity index (χ2v) is 6.08. The van der Waals surface area contributed by atoms with Crippen molar-refractivity contribution in [3.05, 3.63) is 52.3 Å². The summed E-state index contributed by atoms with van der Waals surface area (Å²) in [6.45, 7) is 3.62. The average Bonchev–Trinajstić information content (AvgIpc) is 3.13. The number of piperidine rings is 1. The molecule has 1 aliphatic heterocycles.